The molecule has 1 aliphatic heterocycles. The van der Waals surface area contributed by atoms with E-state index < -0.39 is 6.04 Å². The molecule has 1 aliphatic rings. The van der Waals surface area contributed by atoms with Crippen LogP contribution in [0.4, 0.5) is 0 Å². The van der Waals surface area contributed by atoms with Crippen molar-refractivity contribution in [1.29, 1.82) is 0 Å². The first-order chi connectivity index (χ1) is 7.15. The van der Waals surface area contributed by atoms with Crippen LogP contribution in [0.3, 0.4) is 0 Å². The van der Waals surface area contributed by atoms with E-state index >= 15 is 0 Å². The van der Waals surface area contributed by atoms with Gasteiger partial charge in [-0.25, -0.2) is 0 Å². The number of halogens is 1. The number of hydrogen-bond donors (Lipinski definition) is 1. The van der Waals surface area contributed by atoms with Gasteiger partial charge in [-0.3, -0.25) is 9.59 Å². The van der Waals surface area contributed by atoms with Gasteiger partial charge in [0.25, 0.3) is 0 Å². The minimum absolute atomic E-state index is 0.00633. The Hall–Kier alpha value is -0.770. The van der Waals surface area contributed by atoms with Gasteiger partial charge in [0.15, 0.2) is 0 Å². The number of nitrogens with zero attached hydrogens (tertiary/aromatic N) is 1. The molecular weight excluding hydrogens is 216 g/mol. The summed E-state index contributed by atoms with van der Waals surface area (Å²) in [6.45, 7) is 3.31. The SMILES string of the molecule is CC(NC(=O)CCl)C(=O)N1CCCCC1. The summed E-state index contributed by atoms with van der Waals surface area (Å²) >= 11 is 5.35. The van der Waals surface area contributed by atoms with Crippen LogP contribution in [0.1, 0.15) is 26.2 Å². The first-order valence-corrected chi connectivity index (χ1v) is 5.82. The molecule has 86 valence electrons. The zero-order valence-corrected chi connectivity index (χ0v) is 9.72. The third-order valence-corrected chi connectivity index (χ3v) is 2.78. The van der Waals surface area contributed by atoms with Gasteiger partial charge < -0.3 is 10.2 Å². The Balaban J connectivity index is 2.40. The largest absolute Gasteiger partial charge is 0.344 e. The molecule has 1 saturated heterocycles. The first-order valence-electron chi connectivity index (χ1n) is 5.29. The molecule has 1 N–H and O–H groups in total. The Kier molecular flexibility index (Phi) is 4.88. The van der Waals surface area contributed by atoms with E-state index in [9.17, 15) is 9.59 Å². The van der Waals surface area contributed by atoms with Crippen molar-refractivity contribution in [2.24, 2.45) is 0 Å². The van der Waals surface area contributed by atoms with Crippen molar-refractivity contribution in [3.05, 3.63) is 0 Å². The molecule has 0 aromatic rings. The number of likely N-dealkylation sites (tertiary alicyclic amines) is 1. The summed E-state index contributed by atoms with van der Waals surface area (Å²) in [5, 5.41) is 2.56. The fraction of sp³-hybridized carbons (Fsp3) is 0.800. The Morgan fingerprint density at radius 1 is 1.33 bits per heavy atom. The molecule has 15 heavy (non-hydrogen) atoms. The minimum Gasteiger partial charge on any atom is -0.344 e. The smallest absolute Gasteiger partial charge is 0.244 e. The van der Waals surface area contributed by atoms with Crippen molar-refractivity contribution in [2.45, 2.75) is 32.2 Å². The second kappa shape index (κ2) is 5.95. The monoisotopic (exact) mass is 232 g/mol. The number of nitrogens with one attached hydrogen (secondary N) is 1. The second-order valence-electron chi connectivity index (χ2n) is 3.81. The summed E-state index contributed by atoms with van der Waals surface area (Å²) in [4.78, 5) is 24.6. The quantitative estimate of drug-likeness (QED) is 0.730. The average Bonchev–Trinajstić information content (AvgIpc) is 2.29. The molecule has 0 spiro atoms. The minimum atomic E-state index is -0.464. The number of hydrogen-bond acceptors (Lipinski definition) is 2. The number of rotatable bonds is 3. The summed E-state index contributed by atoms with van der Waals surface area (Å²) < 4.78 is 0. The number of amides is 2. The molecule has 0 radical (unpaired) electrons. The lowest BCUT2D eigenvalue weighted by Crippen LogP contribution is -2.48. The van der Waals surface area contributed by atoms with Gasteiger partial charge in [-0.2, -0.15) is 0 Å². The topological polar surface area (TPSA) is 49.4 Å². The van der Waals surface area contributed by atoms with E-state index in [2.05, 4.69) is 5.32 Å². The van der Waals surface area contributed by atoms with E-state index in [0.29, 0.717) is 0 Å². The van der Waals surface area contributed by atoms with Crippen molar-refractivity contribution in [3.63, 3.8) is 0 Å². The predicted octanol–water partition coefficient (Wildman–Crippen LogP) is 0.742. The van der Waals surface area contributed by atoms with E-state index in [1.807, 2.05) is 4.90 Å². The highest BCUT2D eigenvalue weighted by Crippen LogP contribution is 2.09. The third kappa shape index (κ3) is 3.70. The van der Waals surface area contributed by atoms with Crippen LogP contribution >= 0.6 is 11.6 Å². The molecular formula is C10H17ClN2O2. The molecule has 1 heterocycles. The van der Waals surface area contributed by atoms with Crippen LogP contribution in [-0.2, 0) is 9.59 Å². The van der Waals surface area contributed by atoms with E-state index in [1.165, 1.54) is 6.42 Å². The van der Waals surface area contributed by atoms with Gasteiger partial charge in [-0.15, -0.1) is 11.6 Å². The molecule has 0 aromatic carbocycles. The fourth-order valence-electron chi connectivity index (χ4n) is 1.73. The van der Waals surface area contributed by atoms with Crippen molar-refractivity contribution >= 4 is 23.4 Å². The van der Waals surface area contributed by atoms with E-state index in [1.54, 1.807) is 6.92 Å². The third-order valence-electron chi connectivity index (χ3n) is 2.54. The van der Waals surface area contributed by atoms with E-state index in [0.717, 1.165) is 25.9 Å². The first kappa shape index (κ1) is 12.3. The van der Waals surface area contributed by atoms with Gasteiger partial charge in [-0.1, -0.05) is 0 Å². The Bertz CT molecular complexity index is 240. The van der Waals surface area contributed by atoms with E-state index in [-0.39, 0.29) is 17.7 Å². The standard InChI is InChI=1S/C10H17ClN2O2/c1-8(12-9(14)7-11)10(15)13-5-3-2-4-6-13/h8H,2-7H2,1H3,(H,12,14). The summed E-state index contributed by atoms with van der Waals surface area (Å²) in [7, 11) is 0. The van der Waals surface area contributed by atoms with Crippen molar-refractivity contribution in [3.8, 4) is 0 Å². The molecule has 1 fully saturated rings. The molecule has 0 bridgehead atoms. The highest BCUT2D eigenvalue weighted by Gasteiger charge is 2.22. The molecule has 4 nitrogen and oxygen atoms in total. The van der Waals surface area contributed by atoms with Crippen LogP contribution in [0.2, 0.25) is 0 Å². The predicted molar refractivity (Wildman–Crippen MR) is 58.8 cm³/mol. The maximum Gasteiger partial charge on any atom is 0.244 e. The maximum absolute atomic E-state index is 11.8. The normalized spacial score (nSPS) is 18.4. The van der Waals surface area contributed by atoms with Crippen LogP contribution in [0.5, 0.6) is 0 Å². The van der Waals surface area contributed by atoms with E-state index in [4.69, 9.17) is 11.6 Å². The summed E-state index contributed by atoms with van der Waals surface area (Å²) in [6, 6.07) is -0.464. The molecule has 0 aromatic heterocycles. The van der Waals surface area contributed by atoms with Gasteiger partial charge in [0, 0.05) is 13.1 Å². The molecule has 1 unspecified atom stereocenters. The lowest BCUT2D eigenvalue weighted by molar-refractivity contribution is -0.136. The highest BCUT2D eigenvalue weighted by atomic mass is 35.5. The van der Waals surface area contributed by atoms with Crippen molar-refractivity contribution in [1.82, 2.24) is 10.2 Å². The number of alkyl halides is 1. The Morgan fingerprint density at radius 2 is 1.93 bits per heavy atom. The average molecular weight is 233 g/mol. The zero-order chi connectivity index (χ0) is 11.3. The molecule has 2 amide bonds. The number of carbonyl (C=O) groups is 2. The Morgan fingerprint density at radius 3 is 2.47 bits per heavy atom. The van der Waals surface area contributed by atoms with Crippen LogP contribution in [-0.4, -0.2) is 41.7 Å². The van der Waals surface area contributed by atoms with Crippen LogP contribution in [0.15, 0.2) is 0 Å². The summed E-state index contributed by atoms with van der Waals surface area (Å²) in [6.07, 6.45) is 3.30. The van der Waals surface area contributed by atoms with Gasteiger partial charge in [-0.05, 0) is 26.2 Å². The summed E-state index contributed by atoms with van der Waals surface area (Å²) in [5.41, 5.74) is 0. The van der Waals surface area contributed by atoms with Crippen molar-refractivity contribution < 1.29 is 9.59 Å². The highest BCUT2D eigenvalue weighted by molar-refractivity contribution is 6.27. The second-order valence-corrected chi connectivity index (χ2v) is 4.08. The van der Waals surface area contributed by atoms with Gasteiger partial charge in [0.2, 0.25) is 11.8 Å². The van der Waals surface area contributed by atoms with Gasteiger partial charge in [0.05, 0.1) is 0 Å². The fourth-order valence-corrected chi connectivity index (χ4v) is 1.81. The van der Waals surface area contributed by atoms with Gasteiger partial charge in [0.1, 0.15) is 11.9 Å². The number of piperidine rings is 1. The maximum atomic E-state index is 11.8. The number of carbonyl (C=O) groups excluding carboxylic acids is 2. The zero-order valence-electron chi connectivity index (χ0n) is 8.96. The lowest BCUT2D eigenvalue weighted by Gasteiger charge is -2.29. The molecule has 1 rings (SSSR count). The van der Waals surface area contributed by atoms with Crippen LogP contribution in [0, 0.1) is 0 Å². The molecule has 0 aliphatic carbocycles. The molecule has 1 atom stereocenters. The molecule has 0 saturated carbocycles. The van der Waals surface area contributed by atoms with Crippen molar-refractivity contribution in [2.75, 3.05) is 19.0 Å². The lowest BCUT2D eigenvalue weighted by atomic mass is 10.1. The van der Waals surface area contributed by atoms with Crippen LogP contribution < -0.4 is 5.32 Å². The summed E-state index contributed by atoms with van der Waals surface area (Å²) in [5.74, 6) is -0.403. The Labute approximate surface area is 95.0 Å². The molecule has 5 heteroatoms. The van der Waals surface area contributed by atoms with Gasteiger partial charge >= 0.3 is 0 Å². The van der Waals surface area contributed by atoms with Crippen LogP contribution in [0.25, 0.3) is 0 Å².